The predicted octanol–water partition coefficient (Wildman–Crippen LogP) is 2.46. The van der Waals surface area contributed by atoms with Crippen LogP contribution >= 0.6 is 24.2 Å². The minimum absolute atomic E-state index is 0. The van der Waals surface area contributed by atoms with Gasteiger partial charge in [-0.25, -0.2) is 0 Å². The maximum atomic E-state index is 12.0. The maximum Gasteiger partial charge on any atom is 0.238 e. The average molecular weight is 315 g/mol. The van der Waals surface area contributed by atoms with E-state index < -0.39 is 0 Å². The van der Waals surface area contributed by atoms with E-state index in [1.165, 1.54) is 5.56 Å². The first kappa shape index (κ1) is 17.3. The third-order valence-electron chi connectivity index (χ3n) is 3.30. The lowest BCUT2D eigenvalue weighted by Gasteiger charge is -2.26. The number of benzene rings is 1. The van der Waals surface area contributed by atoms with Crippen LogP contribution in [0, 0.1) is 5.41 Å². The molecule has 5 heteroatoms. The highest BCUT2D eigenvalue weighted by atomic mass is 35.5. The van der Waals surface area contributed by atoms with Crippen molar-refractivity contribution in [1.82, 2.24) is 10.6 Å². The van der Waals surface area contributed by atoms with Crippen molar-refractivity contribution in [2.24, 2.45) is 5.41 Å². The van der Waals surface area contributed by atoms with E-state index in [1.807, 2.05) is 6.07 Å². The summed E-state index contributed by atoms with van der Waals surface area (Å²) in [5.41, 5.74) is 1.39. The summed E-state index contributed by atoms with van der Waals surface area (Å²) in [6, 6.07) is 10.4. The molecule has 0 aliphatic carbocycles. The number of thioether (sulfide) groups is 1. The van der Waals surface area contributed by atoms with E-state index in [-0.39, 0.29) is 29.8 Å². The van der Waals surface area contributed by atoms with Crippen LogP contribution in [-0.2, 0) is 11.2 Å². The molecule has 20 heavy (non-hydrogen) atoms. The van der Waals surface area contributed by atoms with Gasteiger partial charge in [-0.1, -0.05) is 44.2 Å². The van der Waals surface area contributed by atoms with Gasteiger partial charge in [0.1, 0.15) is 0 Å². The topological polar surface area (TPSA) is 41.1 Å². The molecule has 112 valence electrons. The molecule has 1 unspecified atom stereocenters. The SMILES string of the molecule is CC(C)(CNC(=O)C1CSCN1)Cc1ccccc1.Cl. The van der Waals surface area contributed by atoms with Crippen LogP contribution in [-0.4, -0.2) is 30.1 Å². The summed E-state index contributed by atoms with van der Waals surface area (Å²) >= 11 is 1.77. The first-order valence-electron chi connectivity index (χ1n) is 6.70. The number of hydrogen-bond acceptors (Lipinski definition) is 3. The molecule has 0 saturated carbocycles. The first-order valence-corrected chi connectivity index (χ1v) is 7.85. The smallest absolute Gasteiger partial charge is 0.238 e. The molecule has 1 amide bonds. The van der Waals surface area contributed by atoms with Crippen molar-refractivity contribution in [2.75, 3.05) is 18.2 Å². The Morgan fingerprint density at radius 3 is 2.70 bits per heavy atom. The zero-order valence-electron chi connectivity index (χ0n) is 12.0. The van der Waals surface area contributed by atoms with Crippen LogP contribution in [0.5, 0.6) is 0 Å². The molecular formula is C15H23ClN2OS. The number of carbonyl (C=O) groups is 1. The Bertz CT molecular complexity index is 419. The lowest BCUT2D eigenvalue weighted by Crippen LogP contribution is -2.45. The lowest BCUT2D eigenvalue weighted by atomic mass is 9.85. The Morgan fingerprint density at radius 2 is 2.10 bits per heavy atom. The van der Waals surface area contributed by atoms with Crippen LogP contribution in [0.4, 0.5) is 0 Å². The van der Waals surface area contributed by atoms with Crippen molar-refractivity contribution in [3.63, 3.8) is 0 Å². The monoisotopic (exact) mass is 314 g/mol. The van der Waals surface area contributed by atoms with Crippen molar-refractivity contribution < 1.29 is 4.79 Å². The Labute approximate surface area is 131 Å². The van der Waals surface area contributed by atoms with Gasteiger partial charge in [-0.05, 0) is 17.4 Å². The van der Waals surface area contributed by atoms with Crippen LogP contribution in [0.2, 0.25) is 0 Å². The fourth-order valence-electron chi connectivity index (χ4n) is 2.22. The largest absolute Gasteiger partial charge is 0.354 e. The van der Waals surface area contributed by atoms with E-state index in [9.17, 15) is 4.79 Å². The number of amides is 1. The van der Waals surface area contributed by atoms with Gasteiger partial charge in [-0.2, -0.15) is 0 Å². The molecule has 1 fully saturated rings. The van der Waals surface area contributed by atoms with Gasteiger partial charge >= 0.3 is 0 Å². The van der Waals surface area contributed by atoms with Crippen LogP contribution in [0.1, 0.15) is 19.4 Å². The maximum absolute atomic E-state index is 12.0. The highest BCUT2D eigenvalue weighted by molar-refractivity contribution is 7.99. The standard InChI is InChI=1S/C15H22N2OS.ClH/c1-15(2,8-12-6-4-3-5-7-12)10-16-14(18)13-9-19-11-17-13;/h3-7,13,17H,8-11H2,1-2H3,(H,16,18);1H. The van der Waals surface area contributed by atoms with Gasteiger partial charge in [-0.15, -0.1) is 24.2 Å². The normalized spacial score (nSPS) is 18.4. The molecule has 0 aromatic heterocycles. The van der Waals surface area contributed by atoms with Gasteiger partial charge in [0.25, 0.3) is 0 Å². The van der Waals surface area contributed by atoms with Crippen LogP contribution in [0.3, 0.4) is 0 Å². The van der Waals surface area contributed by atoms with Crippen molar-refractivity contribution in [1.29, 1.82) is 0 Å². The second-order valence-electron chi connectivity index (χ2n) is 5.82. The summed E-state index contributed by atoms with van der Waals surface area (Å²) in [5, 5.41) is 6.26. The second kappa shape index (κ2) is 7.91. The molecule has 1 saturated heterocycles. The molecule has 0 radical (unpaired) electrons. The third kappa shape index (κ3) is 5.35. The molecule has 3 nitrogen and oxygen atoms in total. The number of nitrogens with one attached hydrogen (secondary N) is 2. The van der Waals surface area contributed by atoms with E-state index in [0.717, 1.165) is 18.1 Å². The number of hydrogen-bond donors (Lipinski definition) is 2. The highest BCUT2D eigenvalue weighted by Crippen LogP contribution is 2.21. The summed E-state index contributed by atoms with van der Waals surface area (Å²) in [6.07, 6.45) is 0.973. The summed E-state index contributed by atoms with van der Waals surface area (Å²) in [6.45, 7) is 5.10. The van der Waals surface area contributed by atoms with Gasteiger partial charge in [0, 0.05) is 18.2 Å². The van der Waals surface area contributed by atoms with E-state index in [1.54, 1.807) is 11.8 Å². The molecule has 2 rings (SSSR count). The van der Waals surface area contributed by atoms with Gasteiger partial charge in [0.05, 0.1) is 6.04 Å². The van der Waals surface area contributed by atoms with Gasteiger partial charge in [0.2, 0.25) is 5.91 Å². The molecular weight excluding hydrogens is 292 g/mol. The van der Waals surface area contributed by atoms with Crippen molar-refractivity contribution in [2.45, 2.75) is 26.3 Å². The first-order chi connectivity index (χ1) is 9.07. The molecule has 1 atom stereocenters. The van der Waals surface area contributed by atoms with E-state index in [2.05, 4.69) is 48.7 Å². The molecule has 1 aliphatic rings. The van der Waals surface area contributed by atoms with Crippen molar-refractivity contribution >= 4 is 30.1 Å². The molecule has 1 aliphatic heterocycles. The van der Waals surface area contributed by atoms with Crippen molar-refractivity contribution in [3.8, 4) is 0 Å². The summed E-state index contributed by atoms with van der Waals surface area (Å²) in [7, 11) is 0. The van der Waals surface area contributed by atoms with E-state index in [0.29, 0.717) is 6.54 Å². The minimum Gasteiger partial charge on any atom is -0.354 e. The Morgan fingerprint density at radius 1 is 1.40 bits per heavy atom. The quantitative estimate of drug-likeness (QED) is 0.877. The Kier molecular flexibility index (Phi) is 6.86. The Balaban J connectivity index is 0.00000200. The van der Waals surface area contributed by atoms with E-state index in [4.69, 9.17) is 0 Å². The van der Waals surface area contributed by atoms with Gasteiger partial charge in [-0.3, -0.25) is 10.1 Å². The predicted molar refractivity (Wildman–Crippen MR) is 88.4 cm³/mol. The highest BCUT2D eigenvalue weighted by Gasteiger charge is 2.25. The molecule has 1 heterocycles. The molecule has 1 aromatic rings. The van der Waals surface area contributed by atoms with Crippen molar-refractivity contribution in [3.05, 3.63) is 35.9 Å². The molecule has 1 aromatic carbocycles. The second-order valence-corrected chi connectivity index (χ2v) is 6.85. The van der Waals surface area contributed by atoms with Gasteiger partial charge < -0.3 is 5.32 Å². The number of halogens is 1. The molecule has 2 N–H and O–H groups in total. The molecule has 0 bridgehead atoms. The van der Waals surface area contributed by atoms with Gasteiger partial charge in [0.15, 0.2) is 0 Å². The fraction of sp³-hybridized carbons (Fsp3) is 0.533. The summed E-state index contributed by atoms with van der Waals surface area (Å²) < 4.78 is 0. The summed E-state index contributed by atoms with van der Waals surface area (Å²) in [5.74, 6) is 1.89. The Hall–Kier alpha value is -0.710. The minimum atomic E-state index is -0.0162. The van der Waals surface area contributed by atoms with E-state index >= 15 is 0 Å². The number of rotatable bonds is 5. The summed E-state index contributed by atoms with van der Waals surface area (Å²) in [4.78, 5) is 12.0. The van der Waals surface area contributed by atoms with Crippen LogP contribution in [0.25, 0.3) is 0 Å². The number of carbonyl (C=O) groups excluding carboxylic acids is 1. The lowest BCUT2D eigenvalue weighted by molar-refractivity contribution is -0.122. The average Bonchev–Trinajstić information content (AvgIpc) is 2.91. The zero-order valence-corrected chi connectivity index (χ0v) is 13.7. The molecule has 0 spiro atoms. The third-order valence-corrected chi connectivity index (χ3v) is 4.24. The fourth-order valence-corrected chi connectivity index (χ4v) is 3.17. The van der Waals surface area contributed by atoms with Crippen LogP contribution < -0.4 is 10.6 Å². The van der Waals surface area contributed by atoms with Crippen LogP contribution in [0.15, 0.2) is 30.3 Å². The zero-order chi connectivity index (χ0) is 13.7.